The van der Waals surface area contributed by atoms with Crippen LogP contribution in [-0.4, -0.2) is 42.7 Å². The highest BCUT2D eigenvalue weighted by Crippen LogP contribution is 2.34. The molecule has 0 spiro atoms. The number of hydrogen-bond acceptors (Lipinski definition) is 13. The molecule has 0 fully saturated rings. The van der Waals surface area contributed by atoms with Crippen LogP contribution in [0.15, 0.2) is 121 Å². The van der Waals surface area contributed by atoms with Crippen molar-refractivity contribution in [3.05, 3.63) is 164 Å². The molecular formula is C44H32N6O9S2. The number of esters is 1. The molecule has 2 aromatic heterocycles. The number of phenolic OH excluding ortho intramolecular Hbond substituents is 1. The van der Waals surface area contributed by atoms with Gasteiger partial charge in [0.05, 0.1) is 30.3 Å². The van der Waals surface area contributed by atoms with Crippen molar-refractivity contribution >= 4 is 83.6 Å². The number of nitro benzene ring substituents is 2. The van der Waals surface area contributed by atoms with Crippen molar-refractivity contribution in [3.8, 4) is 32.6 Å². The molecule has 61 heavy (non-hydrogen) atoms. The van der Waals surface area contributed by atoms with E-state index in [1.165, 1.54) is 29.3 Å². The Morgan fingerprint density at radius 1 is 0.607 bits per heavy atom. The molecule has 0 saturated heterocycles. The molecule has 0 aliphatic heterocycles. The van der Waals surface area contributed by atoms with Gasteiger partial charge in [-0.2, -0.15) is 0 Å². The molecule has 0 aliphatic carbocycles. The molecule has 304 valence electrons. The third-order valence-corrected chi connectivity index (χ3v) is 11.1. The number of benzene rings is 6. The van der Waals surface area contributed by atoms with Crippen molar-refractivity contribution in [2.45, 2.75) is 20.8 Å². The van der Waals surface area contributed by atoms with Gasteiger partial charge in [-0.3, -0.25) is 34.6 Å². The second kappa shape index (κ2) is 17.5. The van der Waals surface area contributed by atoms with Crippen LogP contribution in [0, 0.1) is 34.1 Å². The Balaban J connectivity index is 0.000000185. The van der Waals surface area contributed by atoms with Gasteiger partial charge in [0, 0.05) is 52.7 Å². The number of amides is 2. The van der Waals surface area contributed by atoms with Gasteiger partial charge in [0.1, 0.15) is 10.0 Å². The van der Waals surface area contributed by atoms with E-state index in [-0.39, 0.29) is 16.9 Å². The average Bonchev–Trinajstić information content (AvgIpc) is 3.85. The number of hydrogen-bond donors (Lipinski definition) is 3. The number of nitro groups is 2. The van der Waals surface area contributed by atoms with Crippen molar-refractivity contribution in [1.29, 1.82) is 0 Å². The van der Waals surface area contributed by atoms with Gasteiger partial charge in [-0.1, -0.05) is 12.1 Å². The Morgan fingerprint density at radius 3 is 1.49 bits per heavy atom. The van der Waals surface area contributed by atoms with E-state index >= 15 is 0 Å². The van der Waals surface area contributed by atoms with E-state index in [9.17, 15) is 39.7 Å². The number of nitrogens with zero attached hydrogens (tertiary/aromatic N) is 4. The Bertz CT molecular complexity index is 3020. The Hall–Kier alpha value is -7.89. The molecule has 17 heteroatoms. The van der Waals surface area contributed by atoms with Gasteiger partial charge in [-0.05, 0) is 122 Å². The minimum absolute atomic E-state index is 0.0678. The van der Waals surface area contributed by atoms with E-state index in [1.807, 2.05) is 62.4 Å². The number of rotatable bonds is 9. The number of aromatic nitrogens is 2. The second-order valence-electron chi connectivity index (χ2n) is 13.5. The van der Waals surface area contributed by atoms with E-state index < -0.39 is 44.8 Å². The van der Waals surface area contributed by atoms with Crippen molar-refractivity contribution < 1.29 is 34.1 Å². The van der Waals surface area contributed by atoms with Crippen LogP contribution in [0.3, 0.4) is 0 Å². The first-order valence-corrected chi connectivity index (χ1v) is 19.9. The molecule has 15 nitrogen and oxygen atoms in total. The van der Waals surface area contributed by atoms with Crippen LogP contribution >= 0.6 is 22.7 Å². The Kier molecular flexibility index (Phi) is 11.9. The highest BCUT2D eigenvalue weighted by atomic mass is 32.1. The normalized spacial score (nSPS) is 10.7. The quantitative estimate of drug-likeness (QED) is 0.0537. The molecule has 0 aliphatic rings. The topological polar surface area (TPSA) is 217 Å². The lowest BCUT2D eigenvalue weighted by Crippen LogP contribution is -2.12. The summed E-state index contributed by atoms with van der Waals surface area (Å²) in [7, 11) is 0. The number of phenols is 1. The number of ether oxygens (including phenoxy) is 1. The Labute approximate surface area is 354 Å². The van der Waals surface area contributed by atoms with Gasteiger partial charge in [0.2, 0.25) is 5.75 Å². The van der Waals surface area contributed by atoms with Crippen LogP contribution in [0.1, 0.15) is 38.8 Å². The van der Waals surface area contributed by atoms with Crippen LogP contribution < -0.4 is 15.4 Å². The van der Waals surface area contributed by atoms with E-state index in [0.717, 1.165) is 66.7 Å². The maximum atomic E-state index is 12.6. The Morgan fingerprint density at radius 2 is 1.05 bits per heavy atom. The number of aryl methyl sites for hydroxylation is 2. The molecule has 8 aromatic rings. The fourth-order valence-electron chi connectivity index (χ4n) is 5.96. The molecule has 8 rings (SSSR count). The predicted octanol–water partition coefficient (Wildman–Crippen LogP) is 10.5. The number of thiazole rings is 2. The SMILES string of the molecule is CC(=O)Oc1ccc(C(=O)Nc2ccc(-c3nc4ccc(C)cc4s3)cc2)cc1[N+](=O)[O-].Cc1ccc2nc(-c3ccc(NC(=O)c4ccc(O)c([N+](=O)[O-])c4)cc3)sc2c1. The zero-order chi connectivity index (χ0) is 43.4. The maximum Gasteiger partial charge on any atom is 0.312 e. The molecule has 6 aromatic carbocycles. The predicted molar refractivity (Wildman–Crippen MR) is 235 cm³/mol. The van der Waals surface area contributed by atoms with Crippen LogP contribution in [0.25, 0.3) is 41.6 Å². The molecule has 3 N–H and O–H groups in total. The van der Waals surface area contributed by atoms with Crippen molar-refractivity contribution in [3.63, 3.8) is 0 Å². The minimum atomic E-state index is -0.736. The fourth-order valence-corrected chi connectivity index (χ4v) is 8.10. The van der Waals surface area contributed by atoms with Crippen LogP contribution in [0.5, 0.6) is 11.5 Å². The average molecular weight is 853 g/mol. The zero-order valence-corrected chi connectivity index (χ0v) is 34.0. The van der Waals surface area contributed by atoms with Gasteiger partial charge in [-0.25, -0.2) is 9.97 Å². The van der Waals surface area contributed by atoms with Gasteiger partial charge in [-0.15, -0.1) is 22.7 Å². The highest BCUT2D eigenvalue weighted by molar-refractivity contribution is 7.22. The minimum Gasteiger partial charge on any atom is -0.502 e. The number of anilines is 2. The second-order valence-corrected chi connectivity index (χ2v) is 15.6. The van der Waals surface area contributed by atoms with Gasteiger partial charge >= 0.3 is 17.3 Å². The van der Waals surface area contributed by atoms with Crippen LogP contribution in [0.2, 0.25) is 0 Å². The van der Waals surface area contributed by atoms with Gasteiger partial charge in [0.25, 0.3) is 11.8 Å². The molecule has 0 saturated carbocycles. The fraction of sp³-hybridized carbons (Fsp3) is 0.0682. The van der Waals surface area contributed by atoms with Crippen molar-refractivity contribution in [2.75, 3.05) is 10.6 Å². The van der Waals surface area contributed by atoms with Crippen LogP contribution in [-0.2, 0) is 4.79 Å². The summed E-state index contributed by atoms with van der Waals surface area (Å²) in [5.74, 6) is -2.41. The molecule has 0 atom stereocenters. The number of aromatic hydroxyl groups is 1. The highest BCUT2D eigenvalue weighted by Gasteiger charge is 2.21. The first-order valence-electron chi connectivity index (χ1n) is 18.2. The molecule has 2 heterocycles. The van der Waals surface area contributed by atoms with Gasteiger partial charge in [0.15, 0.2) is 5.75 Å². The monoisotopic (exact) mass is 852 g/mol. The van der Waals surface area contributed by atoms with E-state index in [4.69, 9.17) is 4.74 Å². The zero-order valence-electron chi connectivity index (χ0n) is 32.4. The maximum absolute atomic E-state index is 12.6. The standard InChI is InChI=1S/C23H17N3O5S.C21H15N3O4S/c1-13-3-9-18-21(11-13)32-23(25-18)15-4-7-17(8-5-15)24-22(28)16-6-10-20(31-14(2)27)19(12-16)26(29)30;1-12-2-8-16-19(10-12)29-21(23-16)13-3-6-15(7-4-13)22-20(26)14-5-9-18(25)17(11-14)24(27)28/h3-12H,1-2H3,(H,24,28);2-11,25H,1H3,(H,22,26). The third kappa shape index (κ3) is 9.71. The summed E-state index contributed by atoms with van der Waals surface area (Å²) >= 11 is 3.19. The number of carbonyl (C=O) groups is 3. The summed E-state index contributed by atoms with van der Waals surface area (Å²) in [6.45, 7) is 5.22. The van der Waals surface area contributed by atoms with Gasteiger partial charge < -0.3 is 20.5 Å². The molecule has 0 bridgehead atoms. The van der Waals surface area contributed by atoms with E-state index in [2.05, 4.69) is 32.7 Å². The van der Waals surface area contributed by atoms with Crippen molar-refractivity contribution in [1.82, 2.24) is 9.97 Å². The summed E-state index contributed by atoms with van der Waals surface area (Å²) in [6, 6.07) is 33.8. The largest absolute Gasteiger partial charge is 0.502 e. The van der Waals surface area contributed by atoms with Crippen LogP contribution in [0.4, 0.5) is 22.7 Å². The lowest BCUT2D eigenvalue weighted by atomic mass is 10.1. The number of fused-ring (bicyclic) bond motifs is 2. The summed E-state index contributed by atoms with van der Waals surface area (Å²) in [4.78, 5) is 66.1. The summed E-state index contributed by atoms with van der Waals surface area (Å²) in [5, 5.41) is 38.9. The summed E-state index contributed by atoms with van der Waals surface area (Å²) in [5.41, 5.74) is 6.34. The molecule has 2 amide bonds. The first kappa shape index (κ1) is 41.3. The lowest BCUT2D eigenvalue weighted by molar-refractivity contribution is -0.385. The molecule has 0 unspecified atom stereocenters. The number of nitrogens with one attached hydrogen (secondary N) is 2. The first-order chi connectivity index (χ1) is 29.2. The lowest BCUT2D eigenvalue weighted by Gasteiger charge is -2.08. The van der Waals surface area contributed by atoms with E-state index in [0.29, 0.717) is 11.4 Å². The number of carbonyl (C=O) groups excluding carboxylic acids is 3. The summed E-state index contributed by atoms with van der Waals surface area (Å²) in [6.07, 6.45) is 0. The molecule has 0 radical (unpaired) electrons. The van der Waals surface area contributed by atoms with E-state index in [1.54, 1.807) is 46.9 Å². The van der Waals surface area contributed by atoms with Crippen molar-refractivity contribution in [2.24, 2.45) is 0 Å². The third-order valence-electron chi connectivity index (χ3n) is 8.97. The molecular weight excluding hydrogens is 821 g/mol. The smallest absolute Gasteiger partial charge is 0.312 e. The summed E-state index contributed by atoms with van der Waals surface area (Å²) < 4.78 is 7.05.